The molecule has 0 radical (unpaired) electrons. The lowest BCUT2D eigenvalue weighted by atomic mass is 9.98. The fourth-order valence-electron chi connectivity index (χ4n) is 1.30. The largest absolute Gasteiger partial charge is 0.411 e. The van der Waals surface area contributed by atoms with Gasteiger partial charge in [-0.1, -0.05) is 32.9 Å². The van der Waals surface area contributed by atoms with Crippen molar-refractivity contribution in [3.05, 3.63) is 31.5 Å². The zero-order valence-corrected chi connectivity index (χ0v) is 10.8. The lowest BCUT2D eigenvalue weighted by molar-refractivity contribution is 0.312. The van der Waals surface area contributed by atoms with Crippen LogP contribution in [0.15, 0.2) is 19.5 Å². The molecule has 0 spiro atoms. The molecule has 0 saturated carbocycles. The zero-order valence-electron chi connectivity index (χ0n) is 10.8. The maximum atomic E-state index is 10.2. The van der Waals surface area contributed by atoms with Crippen LogP contribution in [0, 0.1) is 11.8 Å². The molecule has 0 bridgehead atoms. The van der Waals surface area contributed by atoms with Gasteiger partial charge in [0, 0.05) is 0 Å². The molecule has 0 amide bonds. The number of hydrogen-bond acceptors (Lipinski definition) is 5. The molecule has 0 aromatic carbocycles. The third-order valence-corrected chi connectivity index (χ3v) is 1.98. The second-order valence-corrected chi connectivity index (χ2v) is 4.20. The van der Waals surface area contributed by atoms with Crippen molar-refractivity contribution in [2.24, 2.45) is 17.0 Å². The predicted molar refractivity (Wildman–Crippen MR) is 67.2 cm³/mol. The van der Waals surface area contributed by atoms with E-state index >= 15 is 0 Å². The molecule has 0 unspecified atom stereocenters. The van der Waals surface area contributed by atoms with E-state index in [1.807, 2.05) is 27.7 Å². The van der Waals surface area contributed by atoms with Gasteiger partial charge in [0.15, 0.2) is 0 Å². The van der Waals surface area contributed by atoms with Crippen LogP contribution in [0.2, 0.25) is 0 Å². The van der Waals surface area contributed by atoms with E-state index in [2.05, 4.69) is 5.16 Å². The van der Waals surface area contributed by atoms with Crippen LogP contribution in [0.3, 0.4) is 0 Å². The monoisotopic (exact) mass is 258 g/mol. The Morgan fingerprint density at radius 3 is 1.28 bits per heavy atom. The molecule has 0 fully saturated rings. The number of rotatable bonds is 2. The smallest absolute Gasteiger partial charge is 0.330 e. The van der Waals surface area contributed by atoms with Gasteiger partial charge in [0.05, 0.1) is 5.71 Å². The highest BCUT2D eigenvalue weighted by Crippen LogP contribution is 2.06. The Hall–Kier alpha value is -2.12. The van der Waals surface area contributed by atoms with Crippen LogP contribution in [0.1, 0.15) is 27.7 Å². The number of hydrogen-bond donors (Lipinski definition) is 4. The molecule has 0 saturated heterocycles. The summed E-state index contributed by atoms with van der Waals surface area (Å²) in [4.78, 5) is 35.9. The van der Waals surface area contributed by atoms with E-state index in [4.69, 9.17) is 5.21 Å². The summed E-state index contributed by atoms with van der Waals surface area (Å²) in [7, 11) is 0. The van der Waals surface area contributed by atoms with Gasteiger partial charge >= 0.3 is 17.1 Å². The molecule has 0 aliphatic heterocycles. The van der Waals surface area contributed by atoms with E-state index in [1.54, 1.807) is 15.0 Å². The van der Waals surface area contributed by atoms with Crippen molar-refractivity contribution in [3.8, 4) is 0 Å². The molecule has 1 aromatic rings. The van der Waals surface area contributed by atoms with E-state index in [-0.39, 0.29) is 0 Å². The standard InChI is InChI=1S/C7H15NO.C3H3N3O3/c1-5(2)7(8-9)6(3)4;7-1-4-2(8)6-3(9)5-1/h5-6,9H,1-4H3;(H3,4,5,6,7,8,9). The number of H-pyrrole nitrogens is 3. The van der Waals surface area contributed by atoms with Gasteiger partial charge in [-0.15, -0.1) is 0 Å². The fourth-order valence-corrected chi connectivity index (χ4v) is 1.30. The average Bonchev–Trinajstić information content (AvgIpc) is 2.15. The lowest BCUT2D eigenvalue weighted by Gasteiger charge is -2.09. The number of nitrogens with one attached hydrogen (secondary N) is 3. The van der Waals surface area contributed by atoms with Crippen LogP contribution >= 0.6 is 0 Å². The Morgan fingerprint density at radius 2 is 1.17 bits per heavy atom. The molecule has 18 heavy (non-hydrogen) atoms. The van der Waals surface area contributed by atoms with Gasteiger partial charge in [-0.25, -0.2) is 14.4 Å². The molecule has 0 atom stereocenters. The summed E-state index contributed by atoms with van der Waals surface area (Å²) in [5, 5.41) is 11.7. The molecule has 8 heteroatoms. The van der Waals surface area contributed by atoms with Crippen molar-refractivity contribution in [2.45, 2.75) is 27.7 Å². The molecule has 1 heterocycles. The van der Waals surface area contributed by atoms with Crippen molar-refractivity contribution in [3.63, 3.8) is 0 Å². The van der Waals surface area contributed by atoms with Crippen LogP contribution < -0.4 is 17.1 Å². The number of aromatic nitrogens is 3. The van der Waals surface area contributed by atoms with Gasteiger partial charge in [-0.2, -0.15) is 0 Å². The van der Waals surface area contributed by atoms with Gasteiger partial charge in [0.25, 0.3) is 0 Å². The maximum Gasteiger partial charge on any atom is 0.330 e. The maximum absolute atomic E-state index is 10.2. The zero-order chi connectivity index (χ0) is 14.3. The summed E-state index contributed by atoms with van der Waals surface area (Å²) in [5.74, 6) is 0.713. The Morgan fingerprint density at radius 1 is 0.889 bits per heavy atom. The first-order valence-electron chi connectivity index (χ1n) is 5.42. The van der Waals surface area contributed by atoms with Gasteiger partial charge in [0.1, 0.15) is 0 Å². The molecule has 1 rings (SSSR count). The lowest BCUT2D eigenvalue weighted by Crippen LogP contribution is -2.34. The van der Waals surface area contributed by atoms with Gasteiger partial charge in [-0.05, 0) is 11.8 Å². The summed E-state index contributed by atoms with van der Waals surface area (Å²) in [5.41, 5.74) is -1.54. The average molecular weight is 258 g/mol. The van der Waals surface area contributed by atoms with Crippen LogP contribution in [0.5, 0.6) is 0 Å². The highest BCUT2D eigenvalue weighted by Gasteiger charge is 2.09. The number of aromatic amines is 3. The Kier molecular flexibility index (Phi) is 6.40. The van der Waals surface area contributed by atoms with Crippen molar-refractivity contribution >= 4 is 5.71 Å². The highest BCUT2D eigenvalue weighted by atomic mass is 16.4. The molecular formula is C10H18N4O4. The summed E-state index contributed by atoms with van der Waals surface area (Å²) in [6, 6.07) is 0. The second-order valence-electron chi connectivity index (χ2n) is 4.20. The summed E-state index contributed by atoms with van der Waals surface area (Å²) < 4.78 is 0. The SMILES string of the molecule is CC(C)C(=NO)C(C)C.O=c1[nH]c(=O)[nH]c(=O)[nH]1. The van der Waals surface area contributed by atoms with Crippen LogP contribution in [0.25, 0.3) is 0 Å². The molecule has 1 aromatic heterocycles. The van der Waals surface area contributed by atoms with Gasteiger partial charge < -0.3 is 5.21 Å². The molecule has 0 aliphatic rings. The van der Waals surface area contributed by atoms with E-state index in [9.17, 15) is 14.4 Å². The first-order valence-corrected chi connectivity index (χ1v) is 5.42. The first-order chi connectivity index (χ1) is 8.27. The topological polar surface area (TPSA) is 131 Å². The quantitative estimate of drug-likeness (QED) is 0.334. The minimum absolute atomic E-state index is 0.356. The van der Waals surface area contributed by atoms with E-state index in [1.165, 1.54) is 0 Å². The van der Waals surface area contributed by atoms with Crippen LogP contribution in [-0.2, 0) is 0 Å². The third-order valence-electron chi connectivity index (χ3n) is 1.98. The van der Waals surface area contributed by atoms with Crippen molar-refractivity contribution in [2.75, 3.05) is 0 Å². The fraction of sp³-hybridized carbons (Fsp3) is 0.600. The predicted octanol–water partition coefficient (Wildman–Crippen LogP) is -0.120. The van der Waals surface area contributed by atoms with E-state index < -0.39 is 17.1 Å². The third kappa shape index (κ3) is 5.83. The molecule has 0 aliphatic carbocycles. The van der Waals surface area contributed by atoms with Crippen molar-refractivity contribution in [1.29, 1.82) is 0 Å². The molecule has 102 valence electrons. The highest BCUT2D eigenvalue weighted by molar-refractivity contribution is 5.87. The number of nitrogens with zero attached hydrogens (tertiary/aromatic N) is 1. The Bertz CT molecular complexity index is 461. The molecular weight excluding hydrogens is 240 g/mol. The van der Waals surface area contributed by atoms with Gasteiger partial charge in [0.2, 0.25) is 0 Å². The van der Waals surface area contributed by atoms with E-state index in [0.29, 0.717) is 11.8 Å². The van der Waals surface area contributed by atoms with Crippen molar-refractivity contribution < 1.29 is 5.21 Å². The molecule has 4 N–H and O–H groups in total. The Balaban J connectivity index is 0.000000321. The Labute approximate surface area is 103 Å². The second kappa shape index (κ2) is 7.25. The van der Waals surface area contributed by atoms with Crippen LogP contribution in [-0.4, -0.2) is 25.9 Å². The normalized spacial score (nSPS) is 9.89. The van der Waals surface area contributed by atoms with Crippen LogP contribution in [0.4, 0.5) is 0 Å². The summed E-state index contributed by atoms with van der Waals surface area (Å²) in [6.45, 7) is 8.09. The minimum atomic E-state index is -0.802. The van der Waals surface area contributed by atoms with Gasteiger partial charge in [-0.3, -0.25) is 15.0 Å². The summed E-state index contributed by atoms with van der Waals surface area (Å²) >= 11 is 0. The first kappa shape index (κ1) is 15.9. The molecule has 8 nitrogen and oxygen atoms in total. The summed E-state index contributed by atoms with van der Waals surface area (Å²) in [6.07, 6.45) is 0. The minimum Gasteiger partial charge on any atom is -0.411 e. The van der Waals surface area contributed by atoms with E-state index in [0.717, 1.165) is 5.71 Å². The number of oxime groups is 1. The van der Waals surface area contributed by atoms with Crippen molar-refractivity contribution in [1.82, 2.24) is 15.0 Å².